The SMILES string of the molecule is CCc1cccc(C)c1NC(=O)c1nc(C(=O)NCCN(C)C)c2n1CCCC2. The van der Waals surface area contributed by atoms with E-state index in [-0.39, 0.29) is 11.8 Å². The topological polar surface area (TPSA) is 79.3 Å². The maximum atomic E-state index is 13.1. The molecule has 2 amide bonds. The molecule has 1 aromatic heterocycles. The molecule has 0 fully saturated rings. The molecule has 2 aromatic rings. The van der Waals surface area contributed by atoms with Crippen molar-refractivity contribution >= 4 is 17.5 Å². The Morgan fingerprint density at radius 3 is 2.72 bits per heavy atom. The van der Waals surface area contributed by atoms with Crippen molar-refractivity contribution in [3.8, 4) is 0 Å². The Bertz CT molecular complexity index is 901. The van der Waals surface area contributed by atoms with E-state index in [9.17, 15) is 9.59 Å². The number of anilines is 1. The lowest BCUT2D eigenvalue weighted by atomic mass is 10.1. The quantitative estimate of drug-likeness (QED) is 0.753. The molecule has 2 heterocycles. The number of carbonyl (C=O) groups excluding carboxylic acids is 2. The standard InChI is InChI=1S/C22H31N5O2/c1-5-16-10-8-9-15(2)18(16)25-22(29)20-24-19(17-11-6-7-13-27(17)20)21(28)23-12-14-26(3)4/h8-10H,5-7,11-14H2,1-4H3,(H,23,28)(H,25,29). The zero-order chi connectivity index (χ0) is 21.0. The largest absolute Gasteiger partial charge is 0.349 e. The van der Waals surface area contributed by atoms with E-state index in [4.69, 9.17) is 0 Å². The molecule has 0 aliphatic carbocycles. The van der Waals surface area contributed by atoms with E-state index in [0.717, 1.165) is 54.7 Å². The summed E-state index contributed by atoms with van der Waals surface area (Å²) in [6, 6.07) is 6.00. The van der Waals surface area contributed by atoms with E-state index in [2.05, 4.69) is 22.5 Å². The van der Waals surface area contributed by atoms with Crippen LogP contribution in [0.5, 0.6) is 0 Å². The lowest BCUT2D eigenvalue weighted by Gasteiger charge is -2.18. The van der Waals surface area contributed by atoms with Crippen molar-refractivity contribution in [1.82, 2.24) is 19.8 Å². The first-order valence-electron chi connectivity index (χ1n) is 10.3. The molecule has 0 unspecified atom stereocenters. The van der Waals surface area contributed by atoms with Gasteiger partial charge in [0.2, 0.25) is 0 Å². The first-order valence-corrected chi connectivity index (χ1v) is 10.3. The van der Waals surface area contributed by atoms with Crippen molar-refractivity contribution in [2.45, 2.75) is 46.1 Å². The van der Waals surface area contributed by atoms with Crippen LogP contribution in [0, 0.1) is 6.92 Å². The average Bonchev–Trinajstić information content (AvgIpc) is 3.09. The number of aromatic nitrogens is 2. The molecule has 0 saturated heterocycles. The number of rotatable bonds is 7. The Morgan fingerprint density at radius 2 is 2.00 bits per heavy atom. The molecular weight excluding hydrogens is 366 g/mol. The van der Waals surface area contributed by atoms with Gasteiger partial charge in [-0.3, -0.25) is 9.59 Å². The number of para-hydroxylation sites is 1. The molecule has 2 N–H and O–H groups in total. The third-order valence-corrected chi connectivity index (χ3v) is 5.36. The average molecular weight is 398 g/mol. The van der Waals surface area contributed by atoms with Gasteiger partial charge >= 0.3 is 0 Å². The molecule has 1 aliphatic rings. The third-order valence-electron chi connectivity index (χ3n) is 5.36. The summed E-state index contributed by atoms with van der Waals surface area (Å²) in [5.41, 5.74) is 4.19. The van der Waals surface area contributed by atoms with Crippen LogP contribution >= 0.6 is 0 Å². The summed E-state index contributed by atoms with van der Waals surface area (Å²) < 4.78 is 1.92. The predicted octanol–water partition coefficient (Wildman–Crippen LogP) is 2.63. The van der Waals surface area contributed by atoms with Gasteiger partial charge in [0.05, 0.1) is 5.69 Å². The molecular formula is C22H31N5O2. The van der Waals surface area contributed by atoms with Crippen LogP contribution in [-0.4, -0.2) is 53.5 Å². The van der Waals surface area contributed by atoms with E-state index >= 15 is 0 Å². The molecule has 0 atom stereocenters. The van der Waals surface area contributed by atoms with Gasteiger partial charge in [0.15, 0.2) is 5.82 Å². The van der Waals surface area contributed by atoms with Crippen LogP contribution in [0.1, 0.15) is 57.7 Å². The van der Waals surface area contributed by atoms with Crippen molar-refractivity contribution < 1.29 is 9.59 Å². The van der Waals surface area contributed by atoms with E-state index in [1.54, 1.807) is 0 Å². The molecule has 156 valence electrons. The molecule has 29 heavy (non-hydrogen) atoms. The van der Waals surface area contributed by atoms with Crippen LogP contribution in [0.25, 0.3) is 0 Å². The van der Waals surface area contributed by atoms with Gasteiger partial charge in [0.25, 0.3) is 11.8 Å². The summed E-state index contributed by atoms with van der Waals surface area (Å²) in [6.45, 7) is 6.06. The van der Waals surface area contributed by atoms with Crippen LogP contribution in [0.4, 0.5) is 5.69 Å². The maximum Gasteiger partial charge on any atom is 0.291 e. The minimum Gasteiger partial charge on any atom is -0.349 e. The van der Waals surface area contributed by atoms with Crippen molar-refractivity contribution in [3.05, 3.63) is 46.5 Å². The zero-order valence-corrected chi connectivity index (χ0v) is 17.8. The lowest BCUT2D eigenvalue weighted by molar-refractivity contribution is 0.0945. The number of hydrogen-bond acceptors (Lipinski definition) is 4. The predicted molar refractivity (Wildman–Crippen MR) is 115 cm³/mol. The van der Waals surface area contributed by atoms with Gasteiger partial charge in [0.1, 0.15) is 5.69 Å². The Hall–Kier alpha value is -2.67. The van der Waals surface area contributed by atoms with Crippen LogP contribution in [0.2, 0.25) is 0 Å². The number of aryl methyl sites for hydroxylation is 2. The summed E-state index contributed by atoms with van der Waals surface area (Å²) >= 11 is 0. The second-order valence-corrected chi connectivity index (χ2v) is 7.82. The van der Waals surface area contributed by atoms with Gasteiger partial charge in [-0.05, 0) is 57.8 Å². The molecule has 3 rings (SSSR count). The van der Waals surface area contributed by atoms with Crippen molar-refractivity contribution in [1.29, 1.82) is 0 Å². The monoisotopic (exact) mass is 397 g/mol. The molecule has 1 aliphatic heterocycles. The highest BCUT2D eigenvalue weighted by atomic mass is 16.2. The van der Waals surface area contributed by atoms with Crippen LogP contribution in [0.3, 0.4) is 0 Å². The number of nitrogens with one attached hydrogen (secondary N) is 2. The second kappa shape index (κ2) is 9.22. The van der Waals surface area contributed by atoms with Crippen LogP contribution < -0.4 is 10.6 Å². The van der Waals surface area contributed by atoms with Gasteiger partial charge in [-0.2, -0.15) is 0 Å². The van der Waals surface area contributed by atoms with E-state index in [1.807, 2.05) is 48.7 Å². The van der Waals surface area contributed by atoms with Crippen molar-refractivity contribution in [3.63, 3.8) is 0 Å². The van der Waals surface area contributed by atoms with Gasteiger partial charge in [-0.15, -0.1) is 0 Å². The summed E-state index contributed by atoms with van der Waals surface area (Å²) in [7, 11) is 3.92. The molecule has 0 saturated carbocycles. The molecule has 0 spiro atoms. The first-order chi connectivity index (χ1) is 13.9. The Balaban J connectivity index is 1.87. The van der Waals surface area contributed by atoms with Crippen molar-refractivity contribution in [2.24, 2.45) is 0 Å². The number of amides is 2. The summed E-state index contributed by atoms with van der Waals surface area (Å²) in [5.74, 6) is -0.144. The Labute approximate surface area is 172 Å². The maximum absolute atomic E-state index is 13.1. The minimum absolute atomic E-state index is 0.207. The highest BCUT2D eigenvalue weighted by Gasteiger charge is 2.27. The Morgan fingerprint density at radius 1 is 1.21 bits per heavy atom. The summed E-state index contributed by atoms with van der Waals surface area (Å²) in [5, 5.41) is 5.97. The lowest BCUT2D eigenvalue weighted by Crippen LogP contribution is -2.32. The molecule has 7 heteroatoms. The number of likely N-dealkylation sites (N-methyl/N-ethyl adjacent to an activating group) is 1. The second-order valence-electron chi connectivity index (χ2n) is 7.82. The van der Waals surface area contributed by atoms with E-state index in [1.165, 1.54) is 0 Å². The number of hydrogen-bond donors (Lipinski definition) is 2. The van der Waals surface area contributed by atoms with E-state index in [0.29, 0.717) is 24.6 Å². The summed E-state index contributed by atoms with van der Waals surface area (Å²) in [4.78, 5) is 32.3. The minimum atomic E-state index is -0.260. The van der Waals surface area contributed by atoms with Gasteiger partial charge in [-0.1, -0.05) is 25.1 Å². The third kappa shape index (κ3) is 4.67. The van der Waals surface area contributed by atoms with Gasteiger partial charge in [-0.25, -0.2) is 4.98 Å². The Kier molecular flexibility index (Phi) is 6.69. The molecule has 1 aromatic carbocycles. The van der Waals surface area contributed by atoms with E-state index < -0.39 is 0 Å². The fraction of sp³-hybridized carbons (Fsp3) is 0.500. The number of imidazole rings is 1. The number of carbonyl (C=O) groups is 2. The van der Waals surface area contributed by atoms with Crippen LogP contribution in [0.15, 0.2) is 18.2 Å². The highest BCUT2D eigenvalue weighted by Crippen LogP contribution is 2.24. The summed E-state index contributed by atoms with van der Waals surface area (Å²) in [6.07, 6.45) is 3.58. The number of fused-ring (bicyclic) bond motifs is 1. The van der Waals surface area contributed by atoms with Crippen LogP contribution in [-0.2, 0) is 19.4 Å². The molecule has 0 bridgehead atoms. The smallest absolute Gasteiger partial charge is 0.291 e. The fourth-order valence-corrected chi connectivity index (χ4v) is 3.75. The normalized spacial score (nSPS) is 13.3. The zero-order valence-electron chi connectivity index (χ0n) is 17.8. The van der Waals surface area contributed by atoms with Gasteiger partial charge in [0, 0.05) is 25.3 Å². The fourth-order valence-electron chi connectivity index (χ4n) is 3.75. The van der Waals surface area contributed by atoms with Crippen molar-refractivity contribution in [2.75, 3.05) is 32.5 Å². The molecule has 7 nitrogen and oxygen atoms in total. The molecule has 0 radical (unpaired) electrons. The number of benzene rings is 1. The van der Waals surface area contributed by atoms with Gasteiger partial charge < -0.3 is 20.1 Å². The first kappa shape index (κ1) is 21.0. The highest BCUT2D eigenvalue weighted by molar-refractivity contribution is 6.04. The number of nitrogens with zero attached hydrogens (tertiary/aromatic N) is 3.